The van der Waals surface area contributed by atoms with Gasteiger partial charge in [-0.3, -0.25) is 9.59 Å². The van der Waals surface area contributed by atoms with Crippen LogP contribution in [-0.2, 0) is 0 Å². The molecule has 2 amide bonds. The van der Waals surface area contributed by atoms with Gasteiger partial charge in [0.25, 0.3) is 11.8 Å². The van der Waals surface area contributed by atoms with Gasteiger partial charge in [0.1, 0.15) is 5.75 Å². The van der Waals surface area contributed by atoms with Crippen molar-refractivity contribution in [3.05, 3.63) is 76.7 Å². The van der Waals surface area contributed by atoms with Gasteiger partial charge in [-0.1, -0.05) is 17.7 Å². The second-order valence-corrected chi connectivity index (χ2v) is 6.20. The fourth-order valence-electron chi connectivity index (χ4n) is 2.48. The van der Waals surface area contributed by atoms with E-state index < -0.39 is 5.91 Å². The van der Waals surface area contributed by atoms with Crippen LogP contribution in [0.15, 0.2) is 59.2 Å². The fourth-order valence-corrected chi connectivity index (χ4v) is 2.65. The van der Waals surface area contributed by atoms with Crippen LogP contribution in [0.25, 0.3) is 0 Å². The van der Waals surface area contributed by atoms with Crippen LogP contribution in [0.3, 0.4) is 0 Å². The Balaban J connectivity index is 1.84. The first-order chi connectivity index (χ1) is 13.0. The number of hydrogen-bond acceptors (Lipinski definition) is 4. The molecule has 7 heteroatoms. The summed E-state index contributed by atoms with van der Waals surface area (Å²) < 4.78 is 10.3. The third kappa shape index (κ3) is 4.30. The summed E-state index contributed by atoms with van der Waals surface area (Å²) in [4.78, 5) is 24.9. The molecule has 1 aromatic heterocycles. The number of nitrogens with one attached hydrogen (secondary N) is 2. The summed E-state index contributed by atoms with van der Waals surface area (Å²) in [5.41, 5.74) is 2.11. The first-order valence-electron chi connectivity index (χ1n) is 8.08. The number of methoxy groups -OCH3 is 1. The molecular weight excluding hydrogens is 368 g/mol. The molecule has 1 heterocycles. The number of halogens is 1. The van der Waals surface area contributed by atoms with Crippen molar-refractivity contribution in [1.82, 2.24) is 0 Å². The summed E-state index contributed by atoms with van der Waals surface area (Å²) >= 11 is 6.03. The first kappa shape index (κ1) is 18.5. The van der Waals surface area contributed by atoms with Gasteiger partial charge in [0.05, 0.1) is 24.7 Å². The third-order valence-corrected chi connectivity index (χ3v) is 4.13. The molecule has 2 aromatic carbocycles. The van der Waals surface area contributed by atoms with Crippen LogP contribution in [0.1, 0.15) is 26.5 Å². The van der Waals surface area contributed by atoms with E-state index in [0.29, 0.717) is 27.7 Å². The Morgan fingerprint density at radius 1 is 1.00 bits per heavy atom. The SMILES string of the molecule is COc1cc(C(=O)Nc2ccc(Cl)cc2NC(=O)c2ccco2)ccc1C. The molecule has 0 radical (unpaired) electrons. The molecule has 0 saturated carbocycles. The molecule has 0 saturated heterocycles. The van der Waals surface area contributed by atoms with Gasteiger partial charge in [-0.15, -0.1) is 0 Å². The van der Waals surface area contributed by atoms with Crippen LogP contribution < -0.4 is 15.4 Å². The van der Waals surface area contributed by atoms with Gasteiger partial charge in [-0.05, 0) is 55.0 Å². The number of anilines is 2. The van der Waals surface area contributed by atoms with Crippen molar-refractivity contribution < 1.29 is 18.7 Å². The number of hydrogen-bond donors (Lipinski definition) is 2. The minimum absolute atomic E-state index is 0.149. The van der Waals surface area contributed by atoms with Gasteiger partial charge >= 0.3 is 0 Å². The Morgan fingerprint density at radius 3 is 2.48 bits per heavy atom. The Labute approximate surface area is 161 Å². The molecule has 0 fully saturated rings. The lowest BCUT2D eigenvalue weighted by Crippen LogP contribution is -2.16. The van der Waals surface area contributed by atoms with Gasteiger partial charge in [0.15, 0.2) is 5.76 Å². The lowest BCUT2D eigenvalue weighted by molar-refractivity contribution is 0.0993. The second kappa shape index (κ2) is 7.97. The van der Waals surface area contributed by atoms with E-state index >= 15 is 0 Å². The Hall–Kier alpha value is -3.25. The average Bonchev–Trinajstić information content (AvgIpc) is 3.19. The largest absolute Gasteiger partial charge is 0.496 e. The molecule has 3 aromatic rings. The lowest BCUT2D eigenvalue weighted by atomic mass is 10.1. The quantitative estimate of drug-likeness (QED) is 0.664. The van der Waals surface area contributed by atoms with Crippen molar-refractivity contribution in [2.45, 2.75) is 6.92 Å². The highest BCUT2D eigenvalue weighted by atomic mass is 35.5. The maximum absolute atomic E-state index is 12.6. The molecule has 27 heavy (non-hydrogen) atoms. The van der Waals surface area contributed by atoms with Crippen molar-refractivity contribution in [2.75, 3.05) is 17.7 Å². The molecule has 2 N–H and O–H groups in total. The second-order valence-electron chi connectivity index (χ2n) is 5.76. The summed E-state index contributed by atoms with van der Waals surface area (Å²) in [6, 6.07) is 13.1. The van der Waals surface area contributed by atoms with Crippen LogP contribution in [0.2, 0.25) is 5.02 Å². The van der Waals surface area contributed by atoms with E-state index in [1.807, 2.05) is 6.92 Å². The summed E-state index contributed by atoms with van der Waals surface area (Å²) in [5.74, 6) is -0.0282. The van der Waals surface area contributed by atoms with Crippen molar-refractivity contribution >= 4 is 34.8 Å². The zero-order valence-electron chi connectivity index (χ0n) is 14.7. The minimum Gasteiger partial charge on any atom is -0.496 e. The van der Waals surface area contributed by atoms with Gasteiger partial charge in [0, 0.05) is 10.6 Å². The number of ether oxygens (including phenoxy) is 1. The number of carbonyl (C=O) groups is 2. The van der Waals surface area contributed by atoms with Gasteiger partial charge in [-0.25, -0.2) is 0 Å². The maximum atomic E-state index is 12.6. The molecule has 0 unspecified atom stereocenters. The van der Waals surface area contributed by atoms with E-state index in [0.717, 1.165) is 5.56 Å². The monoisotopic (exact) mass is 384 g/mol. The summed E-state index contributed by atoms with van der Waals surface area (Å²) in [5, 5.41) is 5.88. The molecule has 0 aliphatic heterocycles. The predicted molar refractivity (Wildman–Crippen MR) is 104 cm³/mol. The van der Waals surface area contributed by atoms with Crippen LogP contribution in [-0.4, -0.2) is 18.9 Å². The minimum atomic E-state index is -0.449. The van der Waals surface area contributed by atoms with Crippen LogP contribution in [0, 0.1) is 6.92 Å². The van der Waals surface area contributed by atoms with Crippen LogP contribution in [0.4, 0.5) is 11.4 Å². The fraction of sp³-hybridized carbons (Fsp3) is 0.100. The Bertz CT molecular complexity index is 984. The lowest BCUT2D eigenvalue weighted by Gasteiger charge is -2.13. The van der Waals surface area contributed by atoms with Gasteiger partial charge in [-0.2, -0.15) is 0 Å². The number of carbonyl (C=O) groups excluding carboxylic acids is 2. The highest BCUT2D eigenvalue weighted by Gasteiger charge is 2.15. The Morgan fingerprint density at radius 2 is 1.78 bits per heavy atom. The van der Waals surface area contributed by atoms with Crippen LogP contribution in [0.5, 0.6) is 5.75 Å². The van der Waals surface area contributed by atoms with Crippen molar-refractivity contribution in [1.29, 1.82) is 0 Å². The van der Waals surface area contributed by atoms with Gasteiger partial charge < -0.3 is 19.8 Å². The van der Waals surface area contributed by atoms with E-state index in [-0.39, 0.29) is 11.7 Å². The third-order valence-electron chi connectivity index (χ3n) is 3.89. The topological polar surface area (TPSA) is 80.6 Å². The highest BCUT2D eigenvalue weighted by Crippen LogP contribution is 2.27. The molecule has 0 aliphatic carbocycles. The summed E-state index contributed by atoms with van der Waals surface area (Å²) in [7, 11) is 1.55. The van der Waals surface area contributed by atoms with E-state index in [1.165, 1.54) is 12.3 Å². The number of furan rings is 1. The van der Waals surface area contributed by atoms with E-state index in [4.69, 9.17) is 20.8 Å². The number of amides is 2. The summed E-state index contributed by atoms with van der Waals surface area (Å²) in [6.45, 7) is 1.89. The number of benzene rings is 2. The molecule has 0 atom stereocenters. The molecule has 0 bridgehead atoms. The van der Waals surface area contributed by atoms with E-state index in [9.17, 15) is 9.59 Å². The van der Waals surface area contributed by atoms with E-state index in [2.05, 4.69) is 10.6 Å². The zero-order valence-corrected chi connectivity index (χ0v) is 15.5. The van der Waals surface area contributed by atoms with Crippen LogP contribution >= 0.6 is 11.6 Å². The molecule has 3 rings (SSSR count). The molecule has 0 spiro atoms. The van der Waals surface area contributed by atoms with Crippen molar-refractivity contribution in [3.8, 4) is 5.75 Å². The maximum Gasteiger partial charge on any atom is 0.291 e. The standard InChI is InChI=1S/C20H17ClN2O4/c1-12-5-6-13(10-18(12)26-2)19(24)22-15-8-7-14(21)11-16(15)23-20(25)17-4-3-9-27-17/h3-11H,1-2H3,(H,22,24)(H,23,25). The molecule has 6 nitrogen and oxygen atoms in total. The van der Waals surface area contributed by atoms with Crippen molar-refractivity contribution in [2.24, 2.45) is 0 Å². The highest BCUT2D eigenvalue weighted by molar-refractivity contribution is 6.31. The summed E-state index contributed by atoms with van der Waals surface area (Å²) in [6.07, 6.45) is 1.40. The number of rotatable bonds is 5. The Kier molecular flexibility index (Phi) is 5.47. The molecular formula is C20H17ClN2O4. The van der Waals surface area contributed by atoms with E-state index in [1.54, 1.807) is 49.6 Å². The number of aryl methyl sites for hydroxylation is 1. The zero-order chi connectivity index (χ0) is 19.4. The average molecular weight is 385 g/mol. The normalized spacial score (nSPS) is 10.3. The first-order valence-corrected chi connectivity index (χ1v) is 8.46. The smallest absolute Gasteiger partial charge is 0.291 e. The van der Waals surface area contributed by atoms with Crippen molar-refractivity contribution in [3.63, 3.8) is 0 Å². The molecule has 138 valence electrons. The predicted octanol–water partition coefficient (Wildman–Crippen LogP) is 4.75. The van der Waals surface area contributed by atoms with Gasteiger partial charge in [0.2, 0.25) is 0 Å². The molecule has 0 aliphatic rings.